The number of anilines is 1. The number of nitrogens with zero attached hydrogens (tertiary/aromatic N) is 1. The van der Waals surface area contributed by atoms with Gasteiger partial charge in [0.05, 0.1) is 18.8 Å². The van der Waals surface area contributed by atoms with Gasteiger partial charge in [-0.25, -0.2) is 0 Å². The Kier molecular flexibility index (Phi) is 5.13. The molecule has 0 radical (unpaired) electrons. The highest BCUT2D eigenvalue weighted by atomic mass is 16.5. The molecule has 1 fully saturated rings. The number of hydrazine groups is 1. The van der Waals surface area contributed by atoms with Crippen LogP contribution in [0.1, 0.15) is 6.92 Å². The number of carbonyl (C=O) groups excluding carboxylic acids is 3. The van der Waals surface area contributed by atoms with E-state index < -0.39 is 11.9 Å². The first kappa shape index (κ1) is 15.6. The molecule has 1 aliphatic heterocycles. The van der Waals surface area contributed by atoms with Crippen molar-refractivity contribution >= 4 is 23.3 Å². The summed E-state index contributed by atoms with van der Waals surface area (Å²) in [6.45, 7) is 1.58. The number of benzene rings is 1. The van der Waals surface area contributed by atoms with Crippen molar-refractivity contribution in [3.63, 3.8) is 0 Å². The fraction of sp³-hybridized carbons (Fsp3) is 0.267. The van der Waals surface area contributed by atoms with E-state index in [9.17, 15) is 14.4 Å². The molecule has 0 unspecified atom stereocenters. The average molecular weight is 303 g/mol. The van der Waals surface area contributed by atoms with E-state index in [0.29, 0.717) is 0 Å². The largest absolute Gasteiger partial charge is 0.465 e. The number of hydrogen-bond donors (Lipinski definition) is 2. The predicted octanol–water partition coefficient (Wildman–Crippen LogP) is 0.461. The van der Waals surface area contributed by atoms with E-state index in [1.807, 2.05) is 30.3 Å². The molecule has 0 aromatic heterocycles. The number of nitrogens with one attached hydrogen (secondary N) is 2. The van der Waals surface area contributed by atoms with E-state index in [-0.39, 0.29) is 31.1 Å². The third kappa shape index (κ3) is 3.85. The number of esters is 1. The van der Waals surface area contributed by atoms with Crippen molar-refractivity contribution in [2.45, 2.75) is 6.92 Å². The predicted molar refractivity (Wildman–Crippen MR) is 79.5 cm³/mol. The normalized spacial score (nSPS) is 16.0. The number of ketones is 1. The summed E-state index contributed by atoms with van der Waals surface area (Å²) in [6, 6.07) is 9.24. The molecular weight excluding hydrogens is 286 g/mol. The second-order valence-corrected chi connectivity index (χ2v) is 4.58. The molecule has 22 heavy (non-hydrogen) atoms. The summed E-state index contributed by atoms with van der Waals surface area (Å²) >= 11 is 0. The summed E-state index contributed by atoms with van der Waals surface area (Å²) in [5.74, 6) is -1.35. The molecule has 2 N–H and O–H groups in total. The van der Waals surface area contributed by atoms with Gasteiger partial charge < -0.3 is 20.5 Å². The molecule has 7 heteroatoms. The second kappa shape index (κ2) is 7.26. The van der Waals surface area contributed by atoms with Crippen LogP contribution in [0.3, 0.4) is 0 Å². The van der Waals surface area contributed by atoms with E-state index in [4.69, 9.17) is 4.74 Å². The van der Waals surface area contributed by atoms with Crippen LogP contribution in [0.5, 0.6) is 0 Å². The summed E-state index contributed by atoms with van der Waals surface area (Å²) in [7, 11) is 0. The number of rotatable bonds is 6. The minimum absolute atomic E-state index is 0.00716. The summed E-state index contributed by atoms with van der Waals surface area (Å²) in [5, 5.41) is 0. The lowest BCUT2D eigenvalue weighted by Gasteiger charge is -2.12. The van der Waals surface area contributed by atoms with Crippen molar-refractivity contribution < 1.29 is 19.1 Å². The fourth-order valence-electron chi connectivity index (χ4n) is 1.97. The smallest absolute Gasteiger partial charge is 0.325 e. The molecular formula is C15H17N3O4. The van der Waals surface area contributed by atoms with Gasteiger partial charge >= 0.3 is 5.97 Å². The molecule has 2 rings (SSSR count). The Morgan fingerprint density at radius 2 is 2.05 bits per heavy atom. The van der Waals surface area contributed by atoms with Crippen molar-refractivity contribution in [3.8, 4) is 0 Å². The number of carbonyl (C=O) groups is 3. The quantitative estimate of drug-likeness (QED) is 0.344. The van der Waals surface area contributed by atoms with Crippen molar-refractivity contribution in [2.75, 3.05) is 25.1 Å². The minimum Gasteiger partial charge on any atom is -0.465 e. The maximum absolute atomic E-state index is 12.1. The number of amides is 1. The molecule has 1 aromatic carbocycles. The van der Waals surface area contributed by atoms with Crippen LogP contribution < -0.4 is 10.9 Å². The van der Waals surface area contributed by atoms with Crippen LogP contribution in [0, 0.1) is 0 Å². The van der Waals surface area contributed by atoms with Gasteiger partial charge in [-0.05, 0) is 19.1 Å². The summed E-state index contributed by atoms with van der Waals surface area (Å²) in [5.41, 5.74) is 6.35. The standard InChI is InChI=1S/C15H17N3O4/c1-2-22-14(20)10-18-9-13(19)12(15(18)21)8-16-17-11-6-4-3-5-7-11/h3-8,16-17H,2,9-10H2,1H3/b12-8+. The Balaban J connectivity index is 1.93. The molecule has 116 valence electrons. The van der Waals surface area contributed by atoms with Crippen LogP contribution in [-0.2, 0) is 19.1 Å². The monoisotopic (exact) mass is 303 g/mol. The van der Waals surface area contributed by atoms with Crippen LogP contribution in [0.2, 0.25) is 0 Å². The Morgan fingerprint density at radius 3 is 2.73 bits per heavy atom. The first-order chi connectivity index (χ1) is 10.6. The summed E-state index contributed by atoms with van der Waals surface area (Å²) < 4.78 is 4.77. The van der Waals surface area contributed by atoms with Gasteiger partial charge in [-0.3, -0.25) is 14.4 Å². The van der Waals surface area contributed by atoms with Crippen molar-refractivity contribution in [2.24, 2.45) is 0 Å². The maximum Gasteiger partial charge on any atom is 0.325 e. The van der Waals surface area contributed by atoms with Gasteiger partial charge in [0.1, 0.15) is 12.1 Å². The number of ether oxygens (including phenoxy) is 1. The van der Waals surface area contributed by atoms with E-state index >= 15 is 0 Å². The third-order valence-corrected chi connectivity index (χ3v) is 2.98. The van der Waals surface area contributed by atoms with Gasteiger partial charge in [-0.1, -0.05) is 18.2 Å². The van der Waals surface area contributed by atoms with Gasteiger partial charge in [0, 0.05) is 6.20 Å². The zero-order valence-electron chi connectivity index (χ0n) is 12.2. The number of Topliss-reactive ketones (excluding diaryl/α,β-unsaturated/α-hetero) is 1. The van der Waals surface area contributed by atoms with Crippen molar-refractivity contribution in [1.82, 2.24) is 10.3 Å². The topological polar surface area (TPSA) is 87.7 Å². The van der Waals surface area contributed by atoms with E-state index in [0.717, 1.165) is 10.6 Å². The van der Waals surface area contributed by atoms with Crippen molar-refractivity contribution in [3.05, 3.63) is 42.1 Å². The lowest BCUT2D eigenvalue weighted by molar-refractivity contribution is -0.147. The minimum atomic E-state index is -0.528. The molecule has 7 nitrogen and oxygen atoms in total. The first-order valence-electron chi connectivity index (χ1n) is 6.86. The van der Waals surface area contributed by atoms with Gasteiger partial charge in [-0.15, -0.1) is 0 Å². The Bertz CT molecular complexity index is 598. The zero-order valence-corrected chi connectivity index (χ0v) is 12.2. The maximum atomic E-state index is 12.1. The first-order valence-corrected chi connectivity index (χ1v) is 6.86. The van der Waals surface area contributed by atoms with E-state index in [1.165, 1.54) is 6.20 Å². The summed E-state index contributed by atoms with van der Waals surface area (Å²) in [4.78, 5) is 36.4. The van der Waals surface area contributed by atoms with Crippen LogP contribution in [0.4, 0.5) is 5.69 Å². The molecule has 0 aliphatic carbocycles. The SMILES string of the molecule is CCOC(=O)CN1CC(=O)/C(=C\NNc2ccccc2)C1=O. The third-order valence-electron chi connectivity index (χ3n) is 2.98. The molecule has 1 saturated heterocycles. The molecule has 0 spiro atoms. The summed E-state index contributed by atoms with van der Waals surface area (Å²) in [6.07, 6.45) is 1.31. The number of likely N-dealkylation sites (tertiary alicyclic amines) is 1. The highest BCUT2D eigenvalue weighted by Crippen LogP contribution is 2.13. The number of hydrogen-bond acceptors (Lipinski definition) is 6. The van der Waals surface area contributed by atoms with Crippen LogP contribution in [0.15, 0.2) is 42.1 Å². The van der Waals surface area contributed by atoms with Gasteiger partial charge in [0.15, 0.2) is 5.78 Å². The van der Waals surface area contributed by atoms with Crippen LogP contribution in [-0.4, -0.2) is 42.3 Å². The average Bonchev–Trinajstić information content (AvgIpc) is 2.76. The molecule has 0 saturated carbocycles. The van der Waals surface area contributed by atoms with Gasteiger partial charge in [0.25, 0.3) is 5.91 Å². The lowest BCUT2D eigenvalue weighted by Crippen LogP contribution is -2.32. The van der Waals surface area contributed by atoms with Gasteiger partial charge in [-0.2, -0.15) is 0 Å². The Morgan fingerprint density at radius 1 is 1.32 bits per heavy atom. The number of para-hydroxylation sites is 1. The van der Waals surface area contributed by atoms with E-state index in [1.54, 1.807) is 6.92 Å². The Hall–Kier alpha value is -2.83. The van der Waals surface area contributed by atoms with Crippen LogP contribution in [0.25, 0.3) is 0 Å². The van der Waals surface area contributed by atoms with Crippen molar-refractivity contribution in [1.29, 1.82) is 0 Å². The molecule has 0 atom stereocenters. The molecule has 1 aliphatic rings. The zero-order chi connectivity index (χ0) is 15.9. The second-order valence-electron chi connectivity index (χ2n) is 4.58. The van der Waals surface area contributed by atoms with Gasteiger partial charge in [0.2, 0.25) is 0 Å². The molecule has 1 heterocycles. The molecule has 0 bridgehead atoms. The Labute approximate surface area is 127 Å². The molecule has 1 aromatic rings. The van der Waals surface area contributed by atoms with Crippen LogP contribution >= 0.6 is 0 Å². The fourth-order valence-corrected chi connectivity index (χ4v) is 1.97. The van der Waals surface area contributed by atoms with E-state index in [2.05, 4.69) is 10.9 Å². The highest BCUT2D eigenvalue weighted by molar-refractivity contribution is 6.25. The molecule has 1 amide bonds. The highest BCUT2D eigenvalue weighted by Gasteiger charge is 2.34. The lowest BCUT2D eigenvalue weighted by atomic mass is 10.2.